The number of rotatable bonds is 2. The Morgan fingerprint density at radius 1 is 0.889 bits per heavy atom. The lowest BCUT2D eigenvalue weighted by Crippen LogP contribution is -2.26. The number of carbonyl (C=O) groups is 1. The smallest absolute Gasteiger partial charge is 0.262 e. The number of urea groups is 1. The van der Waals surface area contributed by atoms with Gasteiger partial charge in [0.15, 0.2) is 6.17 Å². The van der Waals surface area contributed by atoms with Crippen molar-refractivity contribution >= 4 is 11.7 Å². The SMILES string of the molecule is O=C1N=NC(c2ccccc2)N1c1ccccc1. The van der Waals surface area contributed by atoms with Crippen LogP contribution < -0.4 is 4.90 Å². The van der Waals surface area contributed by atoms with E-state index >= 15 is 0 Å². The largest absolute Gasteiger partial charge is 0.368 e. The van der Waals surface area contributed by atoms with E-state index in [4.69, 9.17) is 0 Å². The van der Waals surface area contributed by atoms with E-state index in [1.54, 1.807) is 4.90 Å². The van der Waals surface area contributed by atoms with E-state index in [9.17, 15) is 4.79 Å². The summed E-state index contributed by atoms with van der Waals surface area (Å²) in [6.45, 7) is 0. The Balaban J connectivity index is 2.00. The molecule has 2 aromatic rings. The summed E-state index contributed by atoms with van der Waals surface area (Å²) in [5.41, 5.74) is 1.76. The topological polar surface area (TPSA) is 45.0 Å². The molecule has 1 aliphatic rings. The molecule has 0 N–H and O–H groups in total. The summed E-state index contributed by atoms with van der Waals surface area (Å²) >= 11 is 0. The minimum atomic E-state index is -0.360. The van der Waals surface area contributed by atoms with Gasteiger partial charge in [-0.15, -0.1) is 0 Å². The number of anilines is 1. The Morgan fingerprint density at radius 2 is 1.50 bits per heavy atom. The second-order valence-corrected chi connectivity index (χ2v) is 3.99. The molecule has 18 heavy (non-hydrogen) atoms. The highest BCUT2D eigenvalue weighted by Gasteiger charge is 2.31. The fourth-order valence-corrected chi connectivity index (χ4v) is 1.99. The summed E-state index contributed by atoms with van der Waals surface area (Å²) in [6, 6.07) is 18.8. The number of hydrogen-bond acceptors (Lipinski definition) is 2. The molecule has 4 nitrogen and oxygen atoms in total. The average molecular weight is 237 g/mol. The molecule has 3 rings (SSSR count). The second kappa shape index (κ2) is 4.41. The first kappa shape index (κ1) is 10.7. The highest BCUT2D eigenvalue weighted by atomic mass is 16.2. The minimum Gasteiger partial charge on any atom is -0.262 e. The van der Waals surface area contributed by atoms with E-state index in [-0.39, 0.29) is 12.2 Å². The van der Waals surface area contributed by atoms with Crippen molar-refractivity contribution in [2.75, 3.05) is 4.90 Å². The van der Waals surface area contributed by atoms with Crippen LogP contribution in [0.2, 0.25) is 0 Å². The Labute approximate surface area is 105 Å². The number of nitrogens with zero attached hydrogens (tertiary/aromatic N) is 3. The van der Waals surface area contributed by atoms with Crippen molar-refractivity contribution in [3.8, 4) is 0 Å². The van der Waals surface area contributed by atoms with Crippen LogP contribution >= 0.6 is 0 Å². The predicted octanol–water partition coefficient (Wildman–Crippen LogP) is 3.78. The van der Waals surface area contributed by atoms with Crippen molar-refractivity contribution < 1.29 is 4.79 Å². The van der Waals surface area contributed by atoms with Gasteiger partial charge in [0.2, 0.25) is 0 Å². The summed E-state index contributed by atoms with van der Waals surface area (Å²) in [7, 11) is 0. The van der Waals surface area contributed by atoms with Gasteiger partial charge in [0.25, 0.3) is 0 Å². The van der Waals surface area contributed by atoms with E-state index in [0.717, 1.165) is 11.3 Å². The highest BCUT2D eigenvalue weighted by molar-refractivity contribution is 5.94. The minimum absolute atomic E-state index is 0.324. The number of para-hydroxylation sites is 1. The van der Waals surface area contributed by atoms with Gasteiger partial charge in [-0.1, -0.05) is 53.6 Å². The van der Waals surface area contributed by atoms with Crippen LogP contribution in [0.4, 0.5) is 10.5 Å². The molecule has 0 aromatic heterocycles. The van der Waals surface area contributed by atoms with Crippen LogP contribution in [0.15, 0.2) is 70.9 Å². The molecule has 0 bridgehead atoms. The average Bonchev–Trinajstić information content (AvgIpc) is 2.83. The van der Waals surface area contributed by atoms with Crippen molar-refractivity contribution in [2.45, 2.75) is 6.17 Å². The van der Waals surface area contributed by atoms with Gasteiger partial charge < -0.3 is 0 Å². The maximum absolute atomic E-state index is 11.8. The van der Waals surface area contributed by atoms with Gasteiger partial charge in [-0.3, -0.25) is 4.90 Å². The zero-order chi connectivity index (χ0) is 12.4. The third kappa shape index (κ3) is 1.78. The molecule has 2 amide bonds. The van der Waals surface area contributed by atoms with Crippen molar-refractivity contribution in [1.29, 1.82) is 0 Å². The molecule has 88 valence electrons. The normalized spacial score (nSPS) is 18.3. The van der Waals surface area contributed by atoms with Crippen LogP contribution in [0.25, 0.3) is 0 Å². The number of hydrogen-bond donors (Lipinski definition) is 0. The summed E-state index contributed by atoms with van der Waals surface area (Å²) in [4.78, 5) is 13.4. The van der Waals surface area contributed by atoms with Gasteiger partial charge >= 0.3 is 6.03 Å². The lowest BCUT2D eigenvalue weighted by Gasteiger charge is -2.21. The highest BCUT2D eigenvalue weighted by Crippen LogP contribution is 2.33. The molecule has 1 atom stereocenters. The van der Waals surface area contributed by atoms with Gasteiger partial charge in [0.05, 0.1) is 0 Å². The molecule has 2 aromatic carbocycles. The Hall–Kier alpha value is -2.49. The lowest BCUT2D eigenvalue weighted by molar-refractivity contribution is 0.255. The van der Waals surface area contributed by atoms with Crippen LogP contribution in [-0.4, -0.2) is 6.03 Å². The maximum atomic E-state index is 11.8. The first-order chi connectivity index (χ1) is 8.86. The Morgan fingerprint density at radius 3 is 2.17 bits per heavy atom. The van der Waals surface area contributed by atoms with Crippen LogP contribution in [0.1, 0.15) is 11.7 Å². The summed E-state index contributed by atoms with van der Waals surface area (Å²) in [6.07, 6.45) is -0.360. The van der Waals surface area contributed by atoms with Crippen LogP contribution in [-0.2, 0) is 0 Å². The van der Waals surface area contributed by atoms with Gasteiger partial charge in [-0.2, -0.15) is 5.11 Å². The third-order valence-electron chi connectivity index (χ3n) is 2.84. The predicted molar refractivity (Wildman–Crippen MR) is 68.4 cm³/mol. The van der Waals surface area contributed by atoms with Crippen LogP contribution in [0, 0.1) is 0 Å². The summed E-state index contributed by atoms with van der Waals surface area (Å²) in [5.74, 6) is 0. The number of benzene rings is 2. The Bertz CT molecular complexity index is 581. The van der Waals surface area contributed by atoms with Crippen molar-refractivity contribution in [3.05, 3.63) is 66.2 Å². The molecular weight excluding hydrogens is 226 g/mol. The third-order valence-corrected chi connectivity index (χ3v) is 2.84. The number of carbonyl (C=O) groups excluding carboxylic acids is 1. The molecule has 0 radical (unpaired) electrons. The molecule has 0 fully saturated rings. The van der Waals surface area contributed by atoms with E-state index < -0.39 is 0 Å². The first-order valence-electron chi connectivity index (χ1n) is 5.70. The van der Waals surface area contributed by atoms with Crippen molar-refractivity contribution in [3.63, 3.8) is 0 Å². The van der Waals surface area contributed by atoms with Crippen LogP contribution in [0.5, 0.6) is 0 Å². The number of azo groups is 1. The molecule has 1 heterocycles. The van der Waals surface area contributed by atoms with Crippen molar-refractivity contribution in [1.82, 2.24) is 0 Å². The molecular formula is C14H11N3O. The van der Waals surface area contributed by atoms with E-state index in [0.29, 0.717) is 0 Å². The van der Waals surface area contributed by atoms with Gasteiger partial charge in [0.1, 0.15) is 0 Å². The number of amides is 2. The maximum Gasteiger partial charge on any atom is 0.368 e. The molecule has 1 aliphatic heterocycles. The standard InChI is InChI=1S/C14H11N3O/c18-14-16-15-13(11-7-3-1-4-8-11)17(14)12-9-5-2-6-10-12/h1-10,13H. The fraction of sp³-hybridized carbons (Fsp3) is 0.0714. The zero-order valence-electron chi connectivity index (χ0n) is 9.60. The van der Waals surface area contributed by atoms with Gasteiger partial charge in [0, 0.05) is 5.69 Å². The zero-order valence-corrected chi connectivity index (χ0v) is 9.60. The molecule has 0 spiro atoms. The van der Waals surface area contributed by atoms with E-state index in [1.165, 1.54) is 0 Å². The van der Waals surface area contributed by atoms with Crippen molar-refractivity contribution in [2.24, 2.45) is 10.2 Å². The van der Waals surface area contributed by atoms with E-state index in [1.807, 2.05) is 60.7 Å². The van der Waals surface area contributed by atoms with Gasteiger partial charge in [-0.05, 0) is 17.7 Å². The molecule has 0 saturated heterocycles. The second-order valence-electron chi connectivity index (χ2n) is 3.99. The lowest BCUT2D eigenvalue weighted by atomic mass is 10.1. The molecule has 0 saturated carbocycles. The first-order valence-corrected chi connectivity index (χ1v) is 5.70. The quantitative estimate of drug-likeness (QED) is 0.783. The molecule has 4 heteroatoms. The van der Waals surface area contributed by atoms with E-state index in [2.05, 4.69) is 10.2 Å². The molecule has 0 aliphatic carbocycles. The molecule has 1 unspecified atom stereocenters. The Kier molecular flexibility index (Phi) is 2.61. The van der Waals surface area contributed by atoms with Crippen LogP contribution in [0.3, 0.4) is 0 Å². The fourth-order valence-electron chi connectivity index (χ4n) is 1.99. The monoisotopic (exact) mass is 237 g/mol. The summed E-state index contributed by atoms with van der Waals surface area (Å²) in [5, 5.41) is 7.71. The van der Waals surface area contributed by atoms with Gasteiger partial charge in [-0.25, -0.2) is 4.79 Å². The summed E-state index contributed by atoms with van der Waals surface area (Å²) < 4.78 is 0.